The summed E-state index contributed by atoms with van der Waals surface area (Å²) < 4.78 is 11.8. The fraction of sp³-hybridized carbons (Fsp3) is 0.571. The molecule has 1 saturated heterocycles. The molecular weight excluding hydrogens is 252 g/mol. The zero-order chi connectivity index (χ0) is 12.7. The van der Waals surface area contributed by atoms with Gasteiger partial charge in [0.1, 0.15) is 11.9 Å². The zero-order valence-electron chi connectivity index (χ0n) is 10.3. The van der Waals surface area contributed by atoms with E-state index in [-0.39, 0.29) is 12.2 Å². The molecule has 1 aromatic carbocycles. The second-order valence-corrected chi connectivity index (χ2v) is 5.59. The van der Waals surface area contributed by atoms with Gasteiger partial charge in [-0.1, -0.05) is 11.6 Å². The first-order valence-corrected chi connectivity index (χ1v) is 6.81. The predicted molar refractivity (Wildman–Crippen MR) is 69.0 cm³/mol. The Bertz CT molecular complexity index is 449. The number of hydrogen-bond donors (Lipinski definition) is 1. The van der Waals surface area contributed by atoms with Crippen molar-refractivity contribution in [2.45, 2.75) is 50.6 Å². The summed E-state index contributed by atoms with van der Waals surface area (Å²) >= 11 is 5.93. The Labute approximate surface area is 112 Å². The average Bonchev–Trinajstić information content (AvgIpc) is 2.77. The monoisotopic (exact) mass is 268 g/mol. The van der Waals surface area contributed by atoms with Crippen LogP contribution < -0.4 is 4.74 Å². The SMILES string of the molecule is CC1CCC(C2CC(O)c3cc(Cl)ccc3O2)O1. The summed E-state index contributed by atoms with van der Waals surface area (Å²) in [5.74, 6) is 0.728. The molecule has 2 aliphatic rings. The van der Waals surface area contributed by atoms with E-state index in [1.165, 1.54) is 0 Å². The van der Waals surface area contributed by atoms with Crippen molar-refractivity contribution in [3.8, 4) is 5.75 Å². The molecule has 1 N–H and O–H groups in total. The Balaban J connectivity index is 1.81. The maximum atomic E-state index is 10.2. The fourth-order valence-corrected chi connectivity index (χ4v) is 2.96. The Morgan fingerprint density at radius 3 is 2.83 bits per heavy atom. The number of hydrogen-bond acceptors (Lipinski definition) is 3. The van der Waals surface area contributed by atoms with E-state index in [0.29, 0.717) is 17.5 Å². The van der Waals surface area contributed by atoms with Gasteiger partial charge >= 0.3 is 0 Å². The van der Waals surface area contributed by atoms with E-state index in [9.17, 15) is 5.11 Å². The third kappa shape index (κ3) is 2.22. The molecule has 0 bridgehead atoms. The van der Waals surface area contributed by atoms with Gasteiger partial charge in [0.15, 0.2) is 0 Å². The molecule has 98 valence electrons. The second-order valence-electron chi connectivity index (χ2n) is 5.15. The maximum absolute atomic E-state index is 10.2. The molecule has 0 amide bonds. The van der Waals surface area contributed by atoms with Crippen molar-refractivity contribution in [3.05, 3.63) is 28.8 Å². The van der Waals surface area contributed by atoms with Crippen LogP contribution in [-0.2, 0) is 4.74 Å². The van der Waals surface area contributed by atoms with Gasteiger partial charge in [0.25, 0.3) is 0 Å². The van der Waals surface area contributed by atoms with Crippen LogP contribution in [0.5, 0.6) is 5.75 Å². The van der Waals surface area contributed by atoms with Gasteiger partial charge in [-0.25, -0.2) is 0 Å². The summed E-state index contributed by atoms with van der Waals surface area (Å²) in [5.41, 5.74) is 0.782. The van der Waals surface area contributed by atoms with Gasteiger partial charge in [-0.3, -0.25) is 0 Å². The number of benzene rings is 1. The molecule has 4 unspecified atom stereocenters. The van der Waals surface area contributed by atoms with Crippen LogP contribution in [0.25, 0.3) is 0 Å². The molecule has 2 heterocycles. The van der Waals surface area contributed by atoms with Gasteiger partial charge in [0, 0.05) is 17.0 Å². The molecule has 0 aliphatic carbocycles. The first kappa shape index (κ1) is 12.3. The second kappa shape index (κ2) is 4.72. The molecule has 4 atom stereocenters. The van der Waals surface area contributed by atoms with Gasteiger partial charge in [0.05, 0.1) is 18.3 Å². The van der Waals surface area contributed by atoms with E-state index in [1.54, 1.807) is 12.1 Å². The van der Waals surface area contributed by atoms with E-state index in [2.05, 4.69) is 6.92 Å². The highest BCUT2D eigenvalue weighted by Crippen LogP contribution is 2.39. The molecule has 1 aromatic rings. The Kier molecular flexibility index (Phi) is 3.22. The summed E-state index contributed by atoms with van der Waals surface area (Å²) in [7, 11) is 0. The highest BCUT2D eigenvalue weighted by Gasteiger charge is 2.36. The first-order valence-electron chi connectivity index (χ1n) is 6.43. The number of rotatable bonds is 1. The third-order valence-corrected chi connectivity index (χ3v) is 3.98. The summed E-state index contributed by atoms with van der Waals surface area (Å²) in [6.45, 7) is 2.08. The largest absolute Gasteiger partial charge is 0.487 e. The minimum atomic E-state index is -0.517. The number of ether oxygens (including phenoxy) is 2. The van der Waals surface area contributed by atoms with Crippen molar-refractivity contribution in [3.63, 3.8) is 0 Å². The van der Waals surface area contributed by atoms with Gasteiger partial charge < -0.3 is 14.6 Å². The standard InChI is InChI=1S/C14H17ClO3/c1-8-2-4-13(17-8)14-7-11(16)10-6-9(15)3-5-12(10)18-14/h3,5-6,8,11,13-14,16H,2,4,7H2,1H3. The molecule has 3 rings (SSSR count). The van der Waals surface area contributed by atoms with Crippen LogP contribution in [0.15, 0.2) is 18.2 Å². The molecule has 4 heteroatoms. The van der Waals surface area contributed by atoms with Crippen LogP contribution >= 0.6 is 11.6 Å². The first-order chi connectivity index (χ1) is 8.63. The maximum Gasteiger partial charge on any atom is 0.128 e. The van der Waals surface area contributed by atoms with Crippen LogP contribution in [0, 0.1) is 0 Å². The molecule has 0 saturated carbocycles. The van der Waals surface area contributed by atoms with Crippen molar-refractivity contribution in [2.75, 3.05) is 0 Å². The van der Waals surface area contributed by atoms with Crippen LogP contribution in [-0.4, -0.2) is 23.4 Å². The Morgan fingerprint density at radius 2 is 2.11 bits per heavy atom. The average molecular weight is 269 g/mol. The van der Waals surface area contributed by atoms with E-state index in [4.69, 9.17) is 21.1 Å². The predicted octanol–water partition coefficient (Wildman–Crippen LogP) is 3.09. The summed E-state index contributed by atoms with van der Waals surface area (Å²) in [6, 6.07) is 5.38. The quantitative estimate of drug-likeness (QED) is 0.851. The number of halogens is 1. The van der Waals surface area contributed by atoms with Crippen LogP contribution in [0.2, 0.25) is 5.02 Å². The van der Waals surface area contributed by atoms with Crippen molar-refractivity contribution in [2.24, 2.45) is 0 Å². The number of fused-ring (bicyclic) bond motifs is 1. The highest BCUT2D eigenvalue weighted by atomic mass is 35.5. The third-order valence-electron chi connectivity index (χ3n) is 3.74. The van der Waals surface area contributed by atoms with Gasteiger partial charge in [-0.05, 0) is 38.0 Å². The Morgan fingerprint density at radius 1 is 1.28 bits per heavy atom. The lowest BCUT2D eigenvalue weighted by Crippen LogP contribution is -2.36. The van der Waals surface area contributed by atoms with Crippen LogP contribution in [0.3, 0.4) is 0 Å². The normalized spacial score (nSPS) is 35.1. The minimum Gasteiger partial charge on any atom is -0.487 e. The lowest BCUT2D eigenvalue weighted by Gasteiger charge is -2.32. The van der Waals surface area contributed by atoms with Crippen molar-refractivity contribution in [1.29, 1.82) is 0 Å². The molecule has 2 aliphatic heterocycles. The van der Waals surface area contributed by atoms with Crippen LogP contribution in [0.4, 0.5) is 0 Å². The van der Waals surface area contributed by atoms with Crippen molar-refractivity contribution in [1.82, 2.24) is 0 Å². The zero-order valence-corrected chi connectivity index (χ0v) is 11.1. The molecular formula is C14H17ClO3. The van der Waals surface area contributed by atoms with Gasteiger partial charge in [-0.15, -0.1) is 0 Å². The van der Waals surface area contributed by atoms with Gasteiger partial charge in [0.2, 0.25) is 0 Å². The highest BCUT2D eigenvalue weighted by molar-refractivity contribution is 6.30. The fourth-order valence-electron chi connectivity index (χ4n) is 2.78. The van der Waals surface area contributed by atoms with E-state index >= 15 is 0 Å². The van der Waals surface area contributed by atoms with Crippen molar-refractivity contribution < 1.29 is 14.6 Å². The van der Waals surface area contributed by atoms with Crippen molar-refractivity contribution >= 4 is 11.6 Å². The molecule has 1 fully saturated rings. The molecule has 18 heavy (non-hydrogen) atoms. The minimum absolute atomic E-state index is 0.0568. The van der Waals surface area contributed by atoms with E-state index in [0.717, 1.165) is 24.2 Å². The summed E-state index contributed by atoms with van der Waals surface area (Å²) in [6.07, 6.45) is 2.46. The summed E-state index contributed by atoms with van der Waals surface area (Å²) in [4.78, 5) is 0. The Hall–Kier alpha value is -0.770. The number of aliphatic hydroxyl groups is 1. The van der Waals surface area contributed by atoms with E-state index < -0.39 is 6.10 Å². The van der Waals surface area contributed by atoms with Crippen LogP contribution in [0.1, 0.15) is 37.9 Å². The lowest BCUT2D eigenvalue weighted by atomic mass is 9.95. The lowest BCUT2D eigenvalue weighted by molar-refractivity contribution is -0.0465. The van der Waals surface area contributed by atoms with E-state index in [1.807, 2.05) is 6.07 Å². The van der Waals surface area contributed by atoms with Gasteiger partial charge in [-0.2, -0.15) is 0 Å². The topological polar surface area (TPSA) is 38.7 Å². The number of aliphatic hydroxyl groups excluding tert-OH is 1. The molecule has 0 aromatic heterocycles. The molecule has 0 spiro atoms. The molecule has 3 nitrogen and oxygen atoms in total. The smallest absolute Gasteiger partial charge is 0.128 e. The summed E-state index contributed by atoms with van der Waals surface area (Å²) in [5, 5.41) is 10.8. The molecule has 0 radical (unpaired) electrons.